The lowest BCUT2D eigenvalue weighted by Crippen LogP contribution is -2.01. The van der Waals surface area contributed by atoms with Crippen molar-refractivity contribution in [2.75, 3.05) is 19.5 Å². The minimum atomic E-state index is 0.623. The number of ether oxygens (including phenoxy) is 2. The Bertz CT molecular complexity index is 1320. The van der Waals surface area contributed by atoms with Crippen LogP contribution in [0.3, 0.4) is 0 Å². The molecule has 0 saturated carbocycles. The Labute approximate surface area is 165 Å². The summed E-state index contributed by atoms with van der Waals surface area (Å²) in [5, 5.41) is 3.34. The summed E-state index contributed by atoms with van der Waals surface area (Å²) in [4.78, 5) is 13.4. The molecular weight excluding hydrogens is 370 g/mol. The van der Waals surface area contributed by atoms with Crippen molar-refractivity contribution < 1.29 is 13.9 Å². The smallest absolute Gasteiger partial charge is 0.181 e. The van der Waals surface area contributed by atoms with Crippen LogP contribution in [0.4, 0.5) is 11.5 Å². The molecule has 0 unspecified atom stereocenters. The van der Waals surface area contributed by atoms with Gasteiger partial charge in [-0.25, -0.2) is 15.0 Å². The molecule has 0 fully saturated rings. The molecule has 2 aromatic carbocycles. The Morgan fingerprint density at radius 2 is 1.90 bits per heavy atom. The molecule has 0 bridgehead atoms. The zero-order valence-corrected chi connectivity index (χ0v) is 15.8. The summed E-state index contributed by atoms with van der Waals surface area (Å²) in [6.45, 7) is 0. The van der Waals surface area contributed by atoms with E-state index in [4.69, 9.17) is 18.9 Å². The summed E-state index contributed by atoms with van der Waals surface area (Å²) in [6.07, 6.45) is 6.98. The molecule has 29 heavy (non-hydrogen) atoms. The number of fused-ring (bicyclic) bond motifs is 2. The molecule has 0 aliphatic heterocycles. The number of rotatable bonds is 5. The molecule has 0 atom stereocenters. The number of hydrogen-bond acceptors (Lipinski definition) is 7. The number of aromatic nitrogens is 4. The summed E-state index contributed by atoms with van der Waals surface area (Å²) >= 11 is 0. The highest BCUT2D eigenvalue weighted by Crippen LogP contribution is 2.32. The topological polar surface area (TPSA) is 86.7 Å². The quantitative estimate of drug-likeness (QED) is 0.481. The van der Waals surface area contributed by atoms with Gasteiger partial charge in [0.25, 0.3) is 0 Å². The third-order valence-electron chi connectivity index (χ3n) is 4.65. The molecule has 0 spiro atoms. The average molecular weight is 387 g/mol. The van der Waals surface area contributed by atoms with Crippen LogP contribution < -0.4 is 14.8 Å². The predicted molar refractivity (Wildman–Crippen MR) is 109 cm³/mol. The van der Waals surface area contributed by atoms with E-state index in [0.717, 1.165) is 22.5 Å². The maximum absolute atomic E-state index is 5.43. The summed E-state index contributed by atoms with van der Waals surface area (Å²) in [7, 11) is 3.21. The summed E-state index contributed by atoms with van der Waals surface area (Å²) in [5.74, 6) is 1.91. The van der Waals surface area contributed by atoms with E-state index in [1.807, 2.05) is 53.2 Å². The molecular formula is C21H17N5O3. The van der Waals surface area contributed by atoms with E-state index in [0.29, 0.717) is 28.5 Å². The third-order valence-corrected chi connectivity index (χ3v) is 4.65. The fraction of sp³-hybridized carbons (Fsp3) is 0.0952. The van der Waals surface area contributed by atoms with Crippen LogP contribution in [0.1, 0.15) is 0 Å². The van der Waals surface area contributed by atoms with Crippen molar-refractivity contribution in [3.8, 4) is 22.8 Å². The van der Waals surface area contributed by atoms with Crippen molar-refractivity contribution in [1.29, 1.82) is 0 Å². The maximum atomic E-state index is 5.43. The Hall–Kier alpha value is -4.07. The van der Waals surface area contributed by atoms with Crippen molar-refractivity contribution in [2.24, 2.45) is 0 Å². The highest BCUT2D eigenvalue weighted by atomic mass is 16.5. The number of hydrogen-bond donors (Lipinski definition) is 1. The Morgan fingerprint density at radius 1 is 1.00 bits per heavy atom. The molecule has 0 aliphatic carbocycles. The van der Waals surface area contributed by atoms with Crippen LogP contribution in [-0.2, 0) is 0 Å². The lowest BCUT2D eigenvalue weighted by molar-refractivity contribution is 0.355. The van der Waals surface area contributed by atoms with E-state index in [1.54, 1.807) is 20.4 Å². The molecule has 144 valence electrons. The van der Waals surface area contributed by atoms with Gasteiger partial charge in [-0.05, 0) is 24.3 Å². The predicted octanol–water partition coefficient (Wildman–Crippen LogP) is 4.30. The second-order valence-corrected chi connectivity index (χ2v) is 6.36. The van der Waals surface area contributed by atoms with E-state index >= 15 is 0 Å². The molecule has 0 aliphatic rings. The number of imidazole rings is 1. The largest absolute Gasteiger partial charge is 0.493 e. The minimum absolute atomic E-state index is 0.623. The monoisotopic (exact) mass is 387 g/mol. The van der Waals surface area contributed by atoms with Crippen LogP contribution >= 0.6 is 0 Å². The van der Waals surface area contributed by atoms with Crippen molar-refractivity contribution in [3.05, 3.63) is 61.4 Å². The van der Waals surface area contributed by atoms with Crippen molar-refractivity contribution in [2.45, 2.75) is 0 Å². The first-order valence-electron chi connectivity index (χ1n) is 8.91. The fourth-order valence-corrected chi connectivity index (χ4v) is 3.22. The van der Waals surface area contributed by atoms with Crippen molar-refractivity contribution >= 4 is 28.3 Å². The van der Waals surface area contributed by atoms with E-state index < -0.39 is 0 Å². The molecule has 0 amide bonds. The Kier molecular flexibility index (Phi) is 4.02. The summed E-state index contributed by atoms with van der Waals surface area (Å²) in [5.41, 5.74) is 4.73. The van der Waals surface area contributed by atoms with Crippen LogP contribution in [0.25, 0.3) is 28.0 Å². The first kappa shape index (κ1) is 17.1. The van der Waals surface area contributed by atoms with E-state index in [2.05, 4.69) is 15.3 Å². The molecule has 5 rings (SSSR count). The van der Waals surface area contributed by atoms with Gasteiger partial charge < -0.3 is 23.6 Å². The molecule has 1 N–H and O–H groups in total. The van der Waals surface area contributed by atoms with E-state index in [1.165, 1.54) is 6.39 Å². The van der Waals surface area contributed by atoms with E-state index in [-0.39, 0.29) is 0 Å². The van der Waals surface area contributed by atoms with Gasteiger partial charge in [-0.3, -0.25) is 0 Å². The molecule has 8 heteroatoms. The number of oxazole rings is 1. The van der Waals surface area contributed by atoms with Gasteiger partial charge in [0.05, 0.1) is 19.9 Å². The Morgan fingerprint density at radius 3 is 2.76 bits per heavy atom. The molecule has 0 saturated heterocycles. The fourth-order valence-electron chi connectivity index (χ4n) is 3.22. The molecule has 8 nitrogen and oxygen atoms in total. The first-order chi connectivity index (χ1) is 14.2. The summed E-state index contributed by atoms with van der Waals surface area (Å²) in [6, 6.07) is 11.4. The average Bonchev–Trinajstić information content (AvgIpc) is 3.42. The second-order valence-electron chi connectivity index (χ2n) is 6.36. The molecule has 3 heterocycles. The second kappa shape index (κ2) is 6.83. The highest BCUT2D eigenvalue weighted by Gasteiger charge is 2.12. The lowest BCUT2D eigenvalue weighted by Gasteiger charge is -2.12. The third kappa shape index (κ3) is 3.00. The van der Waals surface area contributed by atoms with Crippen LogP contribution in [0.15, 0.2) is 65.8 Å². The first-order valence-corrected chi connectivity index (χ1v) is 8.91. The van der Waals surface area contributed by atoms with Gasteiger partial charge in [0.15, 0.2) is 34.9 Å². The van der Waals surface area contributed by atoms with Crippen LogP contribution in [-0.4, -0.2) is 33.6 Å². The zero-order chi connectivity index (χ0) is 19.8. The van der Waals surface area contributed by atoms with Crippen molar-refractivity contribution in [1.82, 2.24) is 19.4 Å². The molecule has 3 aromatic heterocycles. The minimum Gasteiger partial charge on any atom is -0.493 e. The van der Waals surface area contributed by atoms with Gasteiger partial charge in [0.1, 0.15) is 5.52 Å². The normalized spacial score (nSPS) is 11.1. The number of benzene rings is 2. The van der Waals surface area contributed by atoms with Gasteiger partial charge in [0, 0.05) is 35.9 Å². The van der Waals surface area contributed by atoms with Crippen molar-refractivity contribution in [3.63, 3.8) is 0 Å². The van der Waals surface area contributed by atoms with E-state index in [9.17, 15) is 0 Å². The number of nitrogens with one attached hydrogen (secondary N) is 1. The highest BCUT2D eigenvalue weighted by molar-refractivity contribution is 5.80. The van der Waals surface area contributed by atoms with Gasteiger partial charge in [-0.1, -0.05) is 6.07 Å². The number of nitrogens with zero attached hydrogens (tertiary/aromatic N) is 4. The number of anilines is 2. The number of methoxy groups -OCH3 is 2. The van der Waals surface area contributed by atoms with Gasteiger partial charge >= 0.3 is 0 Å². The van der Waals surface area contributed by atoms with Gasteiger partial charge in [-0.2, -0.15) is 0 Å². The van der Waals surface area contributed by atoms with Gasteiger partial charge in [-0.15, -0.1) is 0 Å². The zero-order valence-electron chi connectivity index (χ0n) is 15.8. The van der Waals surface area contributed by atoms with Gasteiger partial charge in [0.2, 0.25) is 0 Å². The molecule has 5 aromatic rings. The lowest BCUT2D eigenvalue weighted by atomic mass is 10.1. The standard InChI is InChI=1S/C21H17N5O3/c1-27-17-6-4-14(10-19(17)28-2)24-20-21-22-7-8-26(21)11-16(25-20)13-3-5-15-18(9-13)29-12-23-15/h3-12H,1-2H3,(H,24,25). The Balaban J connectivity index is 1.59. The summed E-state index contributed by atoms with van der Waals surface area (Å²) < 4.78 is 18.0. The molecule has 0 radical (unpaired) electrons. The van der Waals surface area contributed by atoms with Crippen LogP contribution in [0.2, 0.25) is 0 Å². The van der Waals surface area contributed by atoms with Crippen LogP contribution in [0.5, 0.6) is 11.5 Å². The van der Waals surface area contributed by atoms with Crippen LogP contribution in [0, 0.1) is 0 Å². The maximum Gasteiger partial charge on any atom is 0.181 e. The SMILES string of the molecule is COc1ccc(Nc2nc(-c3ccc4ncoc4c3)cn3ccnc23)cc1OC.